The number of fused-ring (bicyclic) bond motifs is 1. The van der Waals surface area contributed by atoms with E-state index >= 15 is 0 Å². The van der Waals surface area contributed by atoms with Crippen molar-refractivity contribution in [1.82, 2.24) is 10.2 Å². The average molecular weight is 475 g/mol. The molecular formula is C25H28ClFN2O4. The van der Waals surface area contributed by atoms with E-state index in [2.05, 4.69) is 5.32 Å². The highest BCUT2D eigenvalue weighted by molar-refractivity contribution is 6.27. The molecule has 1 fully saturated rings. The van der Waals surface area contributed by atoms with Crippen molar-refractivity contribution in [3.8, 4) is 11.5 Å². The largest absolute Gasteiger partial charge is 0.486 e. The van der Waals surface area contributed by atoms with Gasteiger partial charge in [0.15, 0.2) is 17.6 Å². The van der Waals surface area contributed by atoms with Crippen LogP contribution in [0, 0.1) is 5.82 Å². The van der Waals surface area contributed by atoms with E-state index in [1.54, 1.807) is 6.07 Å². The van der Waals surface area contributed by atoms with Crippen LogP contribution >= 0.6 is 11.6 Å². The van der Waals surface area contributed by atoms with Crippen molar-refractivity contribution in [2.45, 2.75) is 50.3 Å². The number of hydrogen-bond donors (Lipinski definition) is 1. The summed E-state index contributed by atoms with van der Waals surface area (Å²) in [6.07, 6.45) is 4.60. The number of benzene rings is 2. The van der Waals surface area contributed by atoms with Gasteiger partial charge in [0.25, 0.3) is 0 Å². The molecule has 2 aliphatic rings. The summed E-state index contributed by atoms with van der Waals surface area (Å²) in [4.78, 5) is 27.9. The molecule has 1 N–H and O–H groups in total. The van der Waals surface area contributed by atoms with Crippen molar-refractivity contribution in [2.24, 2.45) is 0 Å². The summed E-state index contributed by atoms with van der Waals surface area (Å²) in [5.41, 5.74) is 0.514. The molecule has 2 amide bonds. The Balaban J connectivity index is 1.59. The number of nitrogens with zero attached hydrogens (tertiary/aromatic N) is 1. The van der Waals surface area contributed by atoms with Crippen LogP contribution in [0.25, 0.3) is 0 Å². The third-order valence-electron chi connectivity index (χ3n) is 6.10. The van der Waals surface area contributed by atoms with E-state index in [0.29, 0.717) is 17.1 Å². The number of ether oxygens (including phenoxy) is 2. The van der Waals surface area contributed by atoms with Crippen molar-refractivity contribution < 1.29 is 23.5 Å². The number of alkyl halides is 1. The quantitative estimate of drug-likeness (QED) is 0.610. The molecule has 1 aliphatic carbocycles. The molecule has 176 valence electrons. The van der Waals surface area contributed by atoms with Gasteiger partial charge < -0.3 is 19.7 Å². The number of halogens is 2. The molecule has 0 bridgehead atoms. The maximum absolute atomic E-state index is 13.6. The van der Waals surface area contributed by atoms with Crippen LogP contribution in [0.15, 0.2) is 48.5 Å². The molecule has 4 rings (SSSR count). The van der Waals surface area contributed by atoms with E-state index in [-0.39, 0.29) is 31.0 Å². The summed E-state index contributed by atoms with van der Waals surface area (Å²) in [6.45, 7) is 0.323. The summed E-state index contributed by atoms with van der Waals surface area (Å²) < 4.78 is 25.5. The Bertz CT molecular complexity index is 965. The van der Waals surface area contributed by atoms with Crippen molar-refractivity contribution in [3.63, 3.8) is 0 Å². The summed E-state index contributed by atoms with van der Waals surface area (Å²) in [5, 5.41) is 3.10. The van der Waals surface area contributed by atoms with E-state index in [1.165, 1.54) is 29.2 Å². The van der Waals surface area contributed by atoms with Crippen molar-refractivity contribution >= 4 is 23.4 Å². The van der Waals surface area contributed by atoms with Crippen LogP contribution in [0.2, 0.25) is 0 Å². The van der Waals surface area contributed by atoms with Crippen LogP contribution in [-0.2, 0) is 9.59 Å². The molecular weight excluding hydrogens is 447 g/mol. The summed E-state index contributed by atoms with van der Waals surface area (Å²) >= 11 is 5.94. The van der Waals surface area contributed by atoms with Crippen LogP contribution in [0.5, 0.6) is 11.5 Å². The molecule has 6 nitrogen and oxygen atoms in total. The molecule has 33 heavy (non-hydrogen) atoms. The number of rotatable bonds is 7. The minimum atomic E-state index is -0.959. The Morgan fingerprint density at radius 2 is 1.76 bits per heavy atom. The number of amides is 2. The predicted molar refractivity (Wildman–Crippen MR) is 123 cm³/mol. The lowest BCUT2D eigenvalue weighted by atomic mass is 9.94. The molecule has 2 aromatic rings. The second-order valence-electron chi connectivity index (χ2n) is 8.47. The SMILES string of the molecule is O=C(NC1CCCCC1)[C@@H](c1ccc(F)cc1)N(C[C@H]1COc2ccccc2O1)C(=O)CCl. The summed E-state index contributed by atoms with van der Waals surface area (Å²) in [7, 11) is 0. The summed E-state index contributed by atoms with van der Waals surface area (Å²) in [5.74, 6) is -0.207. The van der Waals surface area contributed by atoms with Crippen LogP contribution in [-0.4, -0.2) is 47.9 Å². The van der Waals surface area contributed by atoms with Gasteiger partial charge in [-0.15, -0.1) is 11.6 Å². The zero-order valence-corrected chi connectivity index (χ0v) is 19.1. The first-order valence-corrected chi connectivity index (χ1v) is 11.9. The standard InChI is InChI=1S/C25H28ClFN2O4/c26-14-23(30)29(15-20-16-32-21-8-4-5-9-22(21)33-20)24(17-10-12-18(27)13-11-17)25(31)28-19-6-2-1-3-7-19/h4-5,8-13,19-20,24H,1-3,6-7,14-16H2,(H,28,31)/t20-,24+/m0/s1. The van der Waals surface area contributed by atoms with Gasteiger partial charge in [-0.05, 0) is 42.7 Å². The van der Waals surface area contributed by atoms with Gasteiger partial charge in [-0.2, -0.15) is 0 Å². The molecule has 0 saturated heterocycles. The lowest BCUT2D eigenvalue weighted by Crippen LogP contribution is -2.51. The molecule has 1 aliphatic heterocycles. The van der Waals surface area contributed by atoms with Gasteiger partial charge in [0.05, 0.1) is 6.54 Å². The molecule has 0 spiro atoms. The van der Waals surface area contributed by atoms with Crippen LogP contribution in [0.3, 0.4) is 0 Å². The van der Waals surface area contributed by atoms with Gasteiger partial charge in [-0.1, -0.05) is 43.5 Å². The Hall–Kier alpha value is -2.80. The van der Waals surface area contributed by atoms with E-state index in [4.69, 9.17) is 21.1 Å². The molecule has 1 heterocycles. The minimum Gasteiger partial charge on any atom is -0.486 e. The first kappa shape index (κ1) is 23.4. The fraction of sp³-hybridized carbons (Fsp3) is 0.440. The number of carbonyl (C=O) groups excluding carboxylic acids is 2. The van der Waals surface area contributed by atoms with E-state index in [0.717, 1.165) is 32.1 Å². The Kier molecular flexibility index (Phi) is 7.70. The van der Waals surface area contributed by atoms with E-state index in [1.807, 2.05) is 18.2 Å². The zero-order valence-electron chi connectivity index (χ0n) is 18.3. The number of nitrogens with one attached hydrogen (secondary N) is 1. The fourth-order valence-electron chi connectivity index (χ4n) is 4.45. The molecule has 0 aromatic heterocycles. The number of carbonyl (C=O) groups is 2. The molecule has 2 aromatic carbocycles. The van der Waals surface area contributed by atoms with Gasteiger partial charge in [0.1, 0.15) is 24.3 Å². The van der Waals surface area contributed by atoms with Crippen LogP contribution in [0.4, 0.5) is 4.39 Å². The van der Waals surface area contributed by atoms with Crippen LogP contribution in [0.1, 0.15) is 43.7 Å². The van der Waals surface area contributed by atoms with Gasteiger partial charge in [0.2, 0.25) is 11.8 Å². The molecule has 0 unspecified atom stereocenters. The van der Waals surface area contributed by atoms with Crippen molar-refractivity contribution in [3.05, 3.63) is 59.9 Å². The predicted octanol–water partition coefficient (Wildman–Crippen LogP) is 4.22. The third-order valence-corrected chi connectivity index (χ3v) is 6.33. The summed E-state index contributed by atoms with van der Waals surface area (Å²) in [6, 6.07) is 12.0. The maximum atomic E-state index is 13.6. The first-order chi connectivity index (χ1) is 16.0. The van der Waals surface area contributed by atoms with Crippen molar-refractivity contribution in [1.29, 1.82) is 0 Å². The minimum absolute atomic E-state index is 0.0586. The van der Waals surface area contributed by atoms with Gasteiger partial charge in [0, 0.05) is 6.04 Å². The van der Waals surface area contributed by atoms with Crippen LogP contribution < -0.4 is 14.8 Å². The smallest absolute Gasteiger partial charge is 0.247 e. The van der Waals surface area contributed by atoms with E-state index < -0.39 is 23.9 Å². The highest BCUT2D eigenvalue weighted by atomic mass is 35.5. The monoisotopic (exact) mass is 474 g/mol. The van der Waals surface area contributed by atoms with Gasteiger partial charge in [-0.3, -0.25) is 9.59 Å². The normalized spacial score (nSPS) is 18.9. The molecule has 1 saturated carbocycles. The number of hydrogen-bond acceptors (Lipinski definition) is 4. The zero-order chi connectivity index (χ0) is 23.2. The van der Waals surface area contributed by atoms with E-state index in [9.17, 15) is 14.0 Å². The Labute approximate surface area is 198 Å². The van der Waals surface area contributed by atoms with Crippen molar-refractivity contribution in [2.75, 3.05) is 19.0 Å². The fourth-order valence-corrected chi connectivity index (χ4v) is 4.60. The topological polar surface area (TPSA) is 67.9 Å². The van der Waals surface area contributed by atoms with Gasteiger partial charge in [-0.25, -0.2) is 4.39 Å². The molecule has 2 atom stereocenters. The second kappa shape index (κ2) is 10.9. The average Bonchev–Trinajstić information content (AvgIpc) is 2.85. The first-order valence-electron chi connectivity index (χ1n) is 11.3. The highest BCUT2D eigenvalue weighted by Gasteiger charge is 2.35. The number of para-hydroxylation sites is 2. The second-order valence-corrected chi connectivity index (χ2v) is 8.74. The lowest BCUT2D eigenvalue weighted by Gasteiger charge is -2.36. The lowest BCUT2D eigenvalue weighted by molar-refractivity contribution is -0.141. The Morgan fingerprint density at radius 1 is 1.06 bits per heavy atom. The Morgan fingerprint density at radius 3 is 2.45 bits per heavy atom. The molecule has 8 heteroatoms. The van der Waals surface area contributed by atoms with Gasteiger partial charge >= 0.3 is 0 Å². The molecule has 0 radical (unpaired) electrons. The maximum Gasteiger partial charge on any atom is 0.247 e. The third kappa shape index (κ3) is 5.77. The highest BCUT2D eigenvalue weighted by Crippen LogP contribution is 2.32.